The van der Waals surface area contributed by atoms with Crippen molar-refractivity contribution in [2.75, 3.05) is 40.8 Å². The molecule has 0 aromatic heterocycles. The van der Waals surface area contributed by atoms with E-state index in [2.05, 4.69) is 37.9 Å². The lowest BCUT2D eigenvalue weighted by Crippen LogP contribution is -2.42. The second-order valence-electron chi connectivity index (χ2n) is 6.81. The van der Waals surface area contributed by atoms with Gasteiger partial charge in [0.25, 0.3) is 0 Å². The maximum Gasteiger partial charge on any atom is 0.00795 e. The molecule has 1 aliphatic carbocycles. The van der Waals surface area contributed by atoms with Gasteiger partial charge >= 0.3 is 0 Å². The van der Waals surface area contributed by atoms with Gasteiger partial charge in [0.2, 0.25) is 0 Å². The van der Waals surface area contributed by atoms with Crippen LogP contribution in [0.15, 0.2) is 0 Å². The highest BCUT2D eigenvalue weighted by atomic mass is 15.1. The number of hydrogen-bond acceptors (Lipinski definition) is 3. The molecule has 1 saturated carbocycles. The number of nitrogens with two attached hydrogens (primary N) is 1. The average molecular weight is 269 g/mol. The number of nitrogens with zero attached hydrogens (tertiary/aromatic N) is 2. The summed E-state index contributed by atoms with van der Waals surface area (Å²) in [5.74, 6) is 1.65. The molecule has 0 saturated heterocycles. The minimum absolute atomic E-state index is 0.435. The molecule has 3 unspecified atom stereocenters. The molecule has 0 heterocycles. The van der Waals surface area contributed by atoms with E-state index in [1.54, 1.807) is 0 Å². The quantitative estimate of drug-likeness (QED) is 0.734. The zero-order valence-corrected chi connectivity index (χ0v) is 13.6. The molecular weight excluding hydrogens is 234 g/mol. The van der Waals surface area contributed by atoms with Crippen molar-refractivity contribution in [1.82, 2.24) is 9.80 Å². The van der Waals surface area contributed by atoms with Gasteiger partial charge in [0, 0.05) is 12.6 Å². The SMILES string of the molecule is CCCC1CCC(N)C(CN(C)CCCN(C)C)C1. The first-order chi connectivity index (χ1) is 9.02. The second-order valence-corrected chi connectivity index (χ2v) is 6.81. The van der Waals surface area contributed by atoms with E-state index >= 15 is 0 Å². The van der Waals surface area contributed by atoms with Crippen molar-refractivity contribution >= 4 is 0 Å². The fourth-order valence-electron chi connectivity index (χ4n) is 3.41. The van der Waals surface area contributed by atoms with E-state index in [0.29, 0.717) is 6.04 Å². The minimum atomic E-state index is 0.435. The summed E-state index contributed by atoms with van der Waals surface area (Å²) in [5, 5.41) is 0. The van der Waals surface area contributed by atoms with Crippen molar-refractivity contribution in [3.8, 4) is 0 Å². The van der Waals surface area contributed by atoms with Gasteiger partial charge in [-0.3, -0.25) is 0 Å². The predicted octanol–water partition coefficient (Wildman–Crippen LogP) is 2.41. The Morgan fingerprint density at radius 2 is 1.84 bits per heavy atom. The lowest BCUT2D eigenvalue weighted by Gasteiger charge is -2.36. The van der Waals surface area contributed by atoms with Crippen LogP contribution in [0.3, 0.4) is 0 Å². The summed E-state index contributed by atoms with van der Waals surface area (Å²) < 4.78 is 0. The van der Waals surface area contributed by atoms with Crippen molar-refractivity contribution in [2.24, 2.45) is 17.6 Å². The van der Waals surface area contributed by atoms with Crippen LogP contribution in [-0.4, -0.2) is 56.6 Å². The Balaban J connectivity index is 2.28. The van der Waals surface area contributed by atoms with Gasteiger partial charge in [-0.15, -0.1) is 0 Å². The predicted molar refractivity (Wildman–Crippen MR) is 84.4 cm³/mol. The smallest absolute Gasteiger partial charge is 0.00795 e. The van der Waals surface area contributed by atoms with E-state index in [4.69, 9.17) is 5.73 Å². The molecule has 0 aromatic carbocycles. The van der Waals surface area contributed by atoms with Crippen LogP contribution in [0.4, 0.5) is 0 Å². The molecule has 1 fully saturated rings. The van der Waals surface area contributed by atoms with Crippen molar-refractivity contribution < 1.29 is 0 Å². The molecule has 0 aliphatic heterocycles. The molecule has 1 aliphatic rings. The summed E-state index contributed by atoms with van der Waals surface area (Å²) in [7, 11) is 6.55. The van der Waals surface area contributed by atoms with Crippen LogP contribution in [-0.2, 0) is 0 Å². The molecule has 19 heavy (non-hydrogen) atoms. The molecule has 2 N–H and O–H groups in total. The molecule has 114 valence electrons. The lowest BCUT2D eigenvalue weighted by atomic mass is 9.76. The van der Waals surface area contributed by atoms with Gasteiger partial charge in [-0.1, -0.05) is 19.8 Å². The van der Waals surface area contributed by atoms with E-state index in [0.717, 1.165) is 11.8 Å². The van der Waals surface area contributed by atoms with Gasteiger partial charge < -0.3 is 15.5 Å². The summed E-state index contributed by atoms with van der Waals surface area (Å²) >= 11 is 0. The number of rotatable bonds is 8. The normalized spacial score (nSPS) is 28.3. The van der Waals surface area contributed by atoms with E-state index in [1.165, 1.54) is 58.2 Å². The second kappa shape index (κ2) is 8.93. The van der Waals surface area contributed by atoms with E-state index < -0.39 is 0 Å². The molecule has 0 amide bonds. The van der Waals surface area contributed by atoms with E-state index in [-0.39, 0.29) is 0 Å². The summed E-state index contributed by atoms with van der Waals surface area (Å²) in [6, 6.07) is 0.435. The molecular formula is C16H35N3. The summed E-state index contributed by atoms with van der Waals surface area (Å²) in [4.78, 5) is 4.75. The van der Waals surface area contributed by atoms with Crippen molar-refractivity contribution in [3.05, 3.63) is 0 Å². The van der Waals surface area contributed by atoms with Crippen molar-refractivity contribution in [1.29, 1.82) is 0 Å². The van der Waals surface area contributed by atoms with E-state index in [9.17, 15) is 0 Å². The highest BCUT2D eigenvalue weighted by molar-refractivity contribution is 4.84. The molecule has 0 bridgehead atoms. The van der Waals surface area contributed by atoms with Gasteiger partial charge in [-0.2, -0.15) is 0 Å². The van der Waals surface area contributed by atoms with E-state index in [1.807, 2.05) is 0 Å². The molecule has 1 rings (SSSR count). The maximum atomic E-state index is 6.33. The summed E-state index contributed by atoms with van der Waals surface area (Å²) in [6.45, 7) is 5.87. The van der Waals surface area contributed by atoms with Crippen LogP contribution in [0.1, 0.15) is 45.4 Å². The first-order valence-electron chi connectivity index (χ1n) is 8.11. The fraction of sp³-hybridized carbons (Fsp3) is 1.00. The van der Waals surface area contributed by atoms with Crippen molar-refractivity contribution in [3.63, 3.8) is 0 Å². The minimum Gasteiger partial charge on any atom is -0.327 e. The topological polar surface area (TPSA) is 32.5 Å². The zero-order chi connectivity index (χ0) is 14.3. The van der Waals surface area contributed by atoms with Crippen LogP contribution in [0.5, 0.6) is 0 Å². The molecule has 0 spiro atoms. The van der Waals surface area contributed by atoms with Crippen LogP contribution in [0.25, 0.3) is 0 Å². The third-order valence-corrected chi connectivity index (χ3v) is 4.54. The summed E-state index contributed by atoms with van der Waals surface area (Å²) in [6.07, 6.45) is 7.92. The fourth-order valence-corrected chi connectivity index (χ4v) is 3.41. The first kappa shape index (κ1) is 16.9. The third-order valence-electron chi connectivity index (χ3n) is 4.54. The molecule has 0 radical (unpaired) electrons. The zero-order valence-electron chi connectivity index (χ0n) is 13.6. The molecule has 3 heteroatoms. The standard InChI is InChI=1S/C16H35N3/c1-5-7-14-8-9-16(17)15(12-14)13-19(4)11-6-10-18(2)3/h14-16H,5-13,17H2,1-4H3. The summed E-state index contributed by atoms with van der Waals surface area (Å²) in [5.41, 5.74) is 6.33. The van der Waals surface area contributed by atoms with Gasteiger partial charge in [0.1, 0.15) is 0 Å². The Morgan fingerprint density at radius 1 is 1.11 bits per heavy atom. The number of hydrogen-bond donors (Lipinski definition) is 1. The van der Waals surface area contributed by atoms with Crippen molar-refractivity contribution in [2.45, 2.75) is 51.5 Å². The average Bonchev–Trinajstić information content (AvgIpc) is 2.33. The Bertz CT molecular complexity index is 230. The molecule has 3 atom stereocenters. The monoisotopic (exact) mass is 269 g/mol. The maximum absolute atomic E-state index is 6.33. The van der Waals surface area contributed by atoms with Crippen LogP contribution < -0.4 is 5.73 Å². The van der Waals surface area contributed by atoms with Gasteiger partial charge in [0.05, 0.1) is 0 Å². The Kier molecular flexibility index (Phi) is 7.96. The largest absolute Gasteiger partial charge is 0.327 e. The van der Waals surface area contributed by atoms with Crippen LogP contribution in [0.2, 0.25) is 0 Å². The molecule has 3 nitrogen and oxygen atoms in total. The Labute approximate surface area is 120 Å². The highest BCUT2D eigenvalue weighted by Gasteiger charge is 2.28. The van der Waals surface area contributed by atoms with Crippen LogP contribution in [0, 0.1) is 11.8 Å². The highest BCUT2D eigenvalue weighted by Crippen LogP contribution is 2.31. The third kappa shape index (κ3) is 6.73. The van der Waals surface area contributed by atoms with Gasteiger partial charge in [-0.25, -0.2) is 0 Å². The molecule has 0 aromatic rings. The first-order valence-corrected chi connectivity index (χ1v) is 8.11. The lowest BCUT2D eigenvalue weighted by molar-refractivity contribution is 0.166. The van der Waals surface area contributed by atoms with Gasteiger partial charge in [0.15, 0.2) is 0 Å². The van der Waals surface area contributed by atoms with Crippen LogP contribution >= 0.6 is 0 Å². The Morgan fingerprint density at radius 3 is 2.47 bits per heavy atom. The van der Waals surface area contributed by atoms with Gasteiger partial charge in [-0.05, 0) is 71.8 Å². The Hall–Kier alpha value is -0.120.